The van der Waals surface area contributed by atoms with Crippen LogP contribution in [0.1, 0.15) is 30.7 Å². The highest BCUT2D eigenvalue weighted by atomic mass is 35.5. The first-order valence-corrected chi connectivity index (χ1v) is 6.61. The Morgan fingerprint density at radius 2 is 2.26 bits per heavy atom. The van der Waals surface area contributed by atoms with Crippen LogP contribution in [0.4, 0.5) is 4.39 Å². The summed E-state index contributed by atoms with van der Waals surface area (Å²) in [4.78, 5) is 4.03. The first-order valence-electron chi connectivity index (χ1n) is 6.23. The molecule has 0 aliphatic rings. The maximum atomic E-state index is 13.6. The van der Waals surface area contributed by atoms with Gasteiger partial charge in [0, 0.05) is 18.0 Å². The number of aliphatic hydroxyl groups is 1. The molecule has 1 N–H and O–H groups in total. The monoisotopic (exact) mass is 282 g/mol. The van der Waals surface area contributed by atoms with Gasteiger partial charge >= 0.3 is 0 Å². The molecule has 0 fully saturated rings. The zero-order valence-corrected chi connectivity index (χ0v) is 11.4. The van der Waals surface area contributed by atoms with E-state index in [0.717, 1.165) is 13.0 Å². The minimum atomic E-state index is -0.790. The molecule has 2 aromatic rings. The molecule has 0 bridgehead atoms. The van der Waals surface area contributed by atoms with Crippen LogP contribution in [0.25, 0.3) is 0 Å². The molecule has 0 saturated heterocycles. The van der Waals surface area contributed by atoms with Gasteiger partial charge in [-0.15, -0.1) is 0 Å². The van der Waals surface area contributed by atoms with Gasteiger partial charge in [0.25, 0.3) is 0 Å². The highest BCUT2D eigenvalue weighted by Gasteiger charge is 2.15. The van der Waals surface area contributed by atoms with Crippen LogP contribution < -0.4 is 0 Å². The Balaban J connectivity index is 2.18. The Hall–Kier alpha value is -1.39. The summed E-state index contributed by atoms with van der Waals surface area (Å²) in [5.41, 5.74) is 1.10. The summed E-state index contributed by atoms with van der Waals surface area (Å²) in [6, 6.07) is 4.35. The number of aromatic nitrogens is 2. The standard InChI is InChI=1S/C14H16ClFN2O/c1-2-5-18-9-17-8-13(18)14(19)7-10-6-11(15)3-4-12(10)16/h3-4,6,8-9,14,19H,2,5,7H2,1H3. The number of hydrogen-bond donors (Lipinski definition) is 1. The second-order valence-corrected chi connectivity index (χ2v) is 4.90. The molecule has 1 aromatic carbocycles. The van der Waals surface area contributed by atoms with Crippen LogP contribution in [-0.4, -0.2) is 14.7 Å². The average molecular weight is 283 g/mol. The van der Waals surface area contributed by atoms with E-state index in [1.165, 1.54) is 12.1 Å². The van der Waals surface area contributed by atoms with E-state index in [1.807, 2.05) is 11.5 Å². The van der Waals surface area contributed by atoms with Gasteiger partial charge in [0.1, 0.15) is 5.82 Å². The number of benzene rings is 1. The normalized spacial score (nSPS) is 12.6. The number of rotatable bonds is 5. The van der Waals surface area contributed by atoms with Crippen LogP contribution in [0, 0.1) is 5.82 Å². The molecule has 1 heterocycles. The Bertz CT molecular complexity index is 556. The van der Waals surface area contributed by atoms with E-state index in [4.69, 9.17) is 11.6 Å². The molecule has 1 unspecified atom stereocenters. The van der Waals surface area contributed by atoms with Gasteiger partial charge in [-0.3, -0.25) is 0 Å². The summed E-state index contributed by atoms with van der Waals surface area (Å²) >= 11 is 5.84. The predicted octanol–water partition coefficient (Wildman–Crippen LogP) is 3.36. The predicted molar refractivity (Wildman–Crippen MR) is 72.6 cm³/mol. The van der Waals surface area contributed by atoms with E-state index in [1.54, 1.807) is 18.6 Å². The third-order valence-corrected chi connectivity index (χ3v) is 3.21. The van der Waals surface area contributed by atoms with Gasteiger partial charge in [0.15, 0.2) is 0 Å². The molecule has 0 radical (unpaired) electrons. The average Bonchev–Trinajstić information content (AvgIpc) is 2.82. The first-order chi connectivity index (χ1) is 9.11. The summed E-state index contributed by atoms with van der Waals surface area (Å²) in [6.45, 7) is 2.83. The van der Waals surface area contributed by atoms with Crippen LogP contribution in [0.5, 0.6) is 0 Å². The van der Waals surface area contributed by atoms with Crippen molar-refractivity contribution in [2.75, 3.05) is 0 Å². The molecule has 3 nitrogen and oxygen atoms in total. The number of hydrogen-bond acceptors (Lipinski definition) is 2. The van der Waals surface area contributed by atoms with Crippen molar-refractivity contribution in [3.8, 4) is 0 Å². The van der Waals surface area contributed by atoms with Gasteiger partial charge in [-0.1, -0.05) is 18.5 Å². The molecule has 102 valence electrons. The van der Waals surface area contributed by atoms with Crippen LogP contribution in [0.2, 0.25) is 5.02 Å². The fourth-order valence-corrected chi connectivity index (χ4v) is 2.24. The SMILES string of the molecule is CCCn1cncc1C(O)Cc1cc(Cl)ccc1F. The number of aryl methyl sites for hydroxylation is 1. The van der Waals surface area contributed by atoms with Crippen molar-refractivity contribution in [2.45, 2.75) is 32.4 Å². The molecule has 19 heavy (non-hydrogen) atoms. The lowest BCUT2D eigenvalue weighted by atomic mass is 10.1. The first kappa shape index (κ1) is 14.0. The maximum absolute atomic E-state index is 13.6. The van der Waals surface area contributed by atoms with Crippen molar-refractivity contribution in [3.05, 3.63) is 52.8 Å². The van der Waals surface area contributed by atoms with Crippen molar-refractivity contribution in [3.63, 3.8) is 0 Å². The van der Waals surface area contributed by atoms with Gasteiger partial charge in [-0.2, -0.15) is 0 Å². The molecular formula is C14H16ClFN2O. The lowest BCUT2D eigenvalue weighted by molar-refractivity contribution is 0.167. The Kier molecular flexibility index (Phi) is 4.56. The molecule has 1 aromatic heterocycles. The topological polar surface area (TPSA) is 38.0 Å². The van der Waals surface area contributed by atoms with Gasteiger partial charge < -0.3 is 9.67 Å². The smallest absolute Gasteiger partial charge is 0.126 e. The van der Waals surface area contributed by atoms with Crippen LogP contribution in [0.15, 0.2) is 30.7 Å². The van der Waals surface area contributed by atoms with E-state index >= 15 is 0 Å². The highest BCUT2D eigenvalue weighted by Crippen LogP contribution is 2.22. The number of halogens is 2. The van der Waals surface area contributed by atoms with E-state index in [-0.39, 0.29) is 12.2 Å². The van der Waals surface area contributed by atoms with Crippen molar-refractivity contribution in [2.24, 2.45) is 0 Å². The van der Waals surface area contributed by atoms with Gasteiger partial charge in [-0.25, -0.2) is 9.37 Å². The molecule has 5 heteroatoms. The Labute approximate surface area is 116 Å². The highest BCUT2D eigenvalue weighted by molar-refractivity contribution is 6.30. The molecule has 0 amide bonds. The molecular weight excluding hydrogens is 267 g/mol. The number of aliphatic hydroxyl groups excluding tert-OH is 1. The largest absolute Gasteiger partial charge is 0.386 e. The summed E-state index contributed by atoms with van der Waals surface area (Å²) < 4.78 is 15.5. The zero-order chi connectivity index (χ0) is 13.8. The second kappa shape index (κ2) is 6.17. The minimum absolute atomic E-state index is 0.182. The molecule has 0 aliphatic carbocycles. The number of nitrogens with zero attached hydrogens (tertiary/aromatic N) is 2. The van der Waals surface area contributed by atoms with E-state index in [0.29, 0.717) is 16.3 Å². The van der Waals surface area contributed by atoms with Crippen molar-refractivity contribution >= 4 is 11.6 Å². The van der Waals surface area contributed by atoms with Gasteiger partial charge in [0.2, 0.25) is 0 Å². The molecule has 0 aliphatic heterocycles. The van der Waals surface area contributed by atoms with Gasteiger partial charge in [-0.05, 0) is 30.2 Å². The summed E-state index contributed by atoms with van der Waals surface area (Å²) in [7, 11) is 0. The van der Waals surface area contributed by atoms with E-state index in [2.05, 4.69) is 4.98 Å². The lowest BCUT2D eigenvalue weighted by Crippen LogP contribution is -2.10. The van der Waals surface area contributed by atoms with Crippen molar-refractivity contribution < 1.29 is 9.50 Å². The maximum Gasteiger partial charge on any atom is 0.126 e. The third kappa shape index (κ3) is 3.33. The van der Waals surface area contributed by atoms with E-state index in [9.17, 15) is 9.50 Å². The Morgan fingerprint density at radius 3 is 3.00 bits per heavy atom. The van der Waals surface area contributed by atoms with Crippen LogP contribution in [0.3, 0.4) is 0 Å². The van der Waals surface area contributed by atoms with Crippen LogP contribution >= 0.6 is 11.6 Å². The zero-order valence-electron chi connectivity index (χ0n) is 10.7. The lowest BCUT2D eigenvalue weighted by Gasteiger charge is -2.14. The summed E-state index contributed by atoms with van der Waals surface area (Å²) in [5.74, 6) is -0.356. The fourth-order valence-electron chi connectivity index (χ4n) is 2.05. The van der Waals surface area contributed by atoms with E-state index < -0.39 is 6.10 Å². The second-order valence-electron chi connectivity index (χ2n) is 4.47. The third-order valence-electron chi connectivity index (χ3n) is 2.97. The molecule has 1 atom stereocenters. The fraction of sp³-hybridized carbons (Fsp3) is 0.357. The summed E-state index contributed by atoms with van der Waals surface area (Å²) in [6.07, 6.45) is 3.63. The molecule has 0 saturated carbocycles. The molecule has 2 rings (SSSR count). The van der Waals surface area contributed by atoms with Crippen molar-refractivity contribution in [1.29, 1.82) is 0 Å². The minimum Gasteiger partial charge on any atom is -0.386 e. The van der Waals surface area contributed by atoms with Gasteiger partial charge in [0.05, 0.1) is 24.3 Å². The molecule has 0 spiro atoms. The number of imidazole rings is 1. The van der Waals surface area contributed by atoms with Crippen LogP contribution in [-0.2, 0) is 13.0 Å². The quantitative estimate of drug-likeness (QED) is 0.913. The van der Waals surface area contributed by atoms with Crippen molar-refractivity contribution in [1.82, 2.24) is 9.55 Å². The Morgan fingerprint density at radius 1 is 1.47 bits per heavy atom. The summed E-state index contributed by atoms with van der Waals surface area (Å²) in [5, 5.41) is 10.7.